The topological polar surface area (TPSA) is 45.5 Å². The molecule has 1 aliphatic heterocycles. The lowest BCUT2D eigenvalue weighted by Gasteiger charge is -2.32. The first-order valence-electron chi connectivity index (χ1n) is 5.36. The van der Waals surface area contributed by atoms with Crippen LogP contribution in [0.5, 0.6) is 5.75 Å². The van der Waals surface area contributed by atoms with Crippen molar-refractivity contribution in [1.29, 1.82) is 0 Å². The lowest BCUT2D eigenvalue weighted by Crippen LogP contribution is -2.40. The Hall–Kier alpha value is -1.45. The molecule has 82 valence electrons. The highest BCUT2D eigenvalue weighted by molar-refractivity contribution is 5.21. The van der Waals surface area contributed by atoms with Gasteiger partial charge in [-0.15, -0.1) is 0 Å². The number of rotatable bonds is 1. The van der Waals surface area contributed by atoms with E-state index in [2.05, 4.69) is 5.01 Å². The van der Waals surface area contributed by atoms with Gasteiger partial charge in [0.25, 0.3) is 0 Å². The van der Waals surface area contributed by atoms with Crippen LogP contribution in [0.1, 0.15) is 25.0 Å². The molecule has 1 aromatic rings. The molecule has 0 aliphatic carbocycles. The van der Waals surface area contributed by atoms with Gasteiger partial charge in [-0.05, 0) is 26.2 Å². The fourth-order valence-corrected chi connectivity index (χ4v) is 2.01. The van der Waals surface area contributed by atoms with Gasteiger partial charge in [-0.1, -0.05) is 0 Å². The van der Waals surface area contributed by atoms with Gasteiger partial charge in [-0.25, -0.2) is 0 Å². The fraction of sp³-hybridized carbons (Fsp3) is 0.545. The summed E-state index contributed by atoms with van der Waals surface area (Å²) in [6.07, 6.45) is 5.13. The van der Waals surface area contributed by atoms with E-state index in [4.69, 9.17) is 0 Å². The van der Waals surface area contributed by atoms with E-state index in [-0.39, 0.29) is 11.2 Å². The quantitative estimate of drug-likeness (QED) is 0.748. The Morgan fingerprint density at radius 2 is 1.93 bits per heavy atom. The fourth-order valence-electron chi connectivity index (χ4n) is 2.01. The molecule has 4 nitrogen and oxygen atoms in total. The number of nitrogens with zero attached hydrogens (tertiary/aromatic N) is 2. The van der Waals surface area contributed by atoms with Gasteiger partial charge in [0.05, 0.1) is 6.20 Å². The molecule has 0 aromatic carbocycles. The number of aryl methyl sites for hydroxylation is 1. The monoisotopic (exact) mass is 208 g/mol. The van der Waals surface area contributed by atoms with Crippen molar-refractivity contribution in [1.82, 2.24) is 4.68 Å². The van der Waals surface area contributed by atoms with Crippen LogP contribution in [-0.2, 0) is 0 Å². The van der Waals surface area contributed by atoms with Crippen molar-refractivity contribution >= 4 is 0 Å². The van der Waals surface area contributed by atoms with E-state index in [0.717, 1.165) is 18.8 Å². The van der Waals surface area contributed by atoms with E-state index in [1.165, 1.54) is 31.5 Å². The van der Waals surface area contributed by atoms with Crippen LogP contribution in [-0.4, -0.2) is 22.9 Å². The summed E-state index contributed by atoms with van der Waals surface area (Å²) in [6, 6.07) is 1.48. The molecule has 0 atom stereocenters. The molecular formula is C11H16N2O2. The molecule has 0 saturated carbocycles. The third-order valence-electron chi connectivity index (χ3n) is 2.84. The largest absolute Gasteiger partial charge is 0.503 e. The van der Waals surface area contributed by atoms with Gasteiger partial charge in [0, 0.05) is 24.8 Å². The third-order valence-corrected chi connectivity index (χ3v) is 2.84. The molecule has 0 bridgehead atoms. The maximum Gasteiger partial charge on any atom is 0.223 e. The second-order valence-electron chi connectivity index (χ2n) is 4.02. The standard InChI is InChI=1S/C11H16N2O2/c1-9-7-10(14)11(15)8-13(9)12-5-3-2-4-6-12/h7-8,15H,2-6H2,1H3. The van der Waals surface area contributed by atoms with Crippen LogP contribution in [0.25, 0.3) is 0 Å². The van der Waals surface area contributed by atoms with Gasteiger partial charge in [-0.2, -0.15) is 0 Å². The summed E-state index contributed by atoms with van der Waals surface area (Å²) in [6.45, 7) is 3.86. The normalized spacial score (nSPS) is 16.7. The first-order chi connectivity index (χ1) is 7.18. The van der Waals surface area contributed by atoms with Crippen LogP contribution >= 0.6 is 0 Å². The van der Waals surface area contributed by atoms with Crippen LogP contribution in [0, 0.1) is 6.92 Å². The lowest BCUT2D eigenvalue weighted by atomic mass is 10.2. The first kappa shape index (κ1) is 10.1. The predicted molar refractivity (Wildman–Crippen MR) is 58.9 cm³/mol. The summed E-state index contributed by atoms with van der Waals surface area (Å²) in [5.74, 6) is -0.175. The molecule has 2 rings (SSSR count). The van der Waals surface area contributed by atoms with Gasteiger partial charge >= 0.3 is 0 Å². The van der Waals surface area contributed by atoms with Gasteiger partial charge in [0.2, 0.25) is 5.43 Å². The maximum absolute atomic E-state index is 11.2. The van der Waals surface area contributed by atoms with Crippen LogP contribution in [0.2, 0.25) is 0 Å². The van der Waals surface area contributed by atoms with E-state index in [0.29, 0.717) is 0 Å². The van der Waals surface area contributed by atoms with Crippen LogP contribution in [0.4, 0.5) is 0 Å². The van der Waals surface area contributed by atoms with Crippen LogP contribution in [0.15, 0.2) is 17.1 Å². The van der Waals surface area contributed by atoms with Crippen molar-refractivity contribution in [2.75, 3.05) is 18.1 Å². The Balaban J connectivity index is 2.34. The Kier molecular flexibility index (Phi) is 2.66. The number of piperidine rings is 1. The molecule has 4 heteroatoms. The summed E-state index contributed by atoms with van der Waals surface area (Å²) in [4.78, 5) is 11.2. The molecule has 1 aromatic heterocycles. The van der Waals surface area contributed by atoms with Crippen LogP contribution in [0.3, 0.4) is 0 Å². The number of pyridine rings is 1. The van der Waals surface area contributed by atoms with Crippen molar-refractivity contribution in [3.05, 3.63) is 28.2 Å². The first-order valence-corrected chi connectivity index (χ1v) is 5.36. The number of aromatic hydroxyl groups is 1. The molecule has 0 spiro atoms. The second-order valence-corrected chi connectivity index (χ2v) is 4.02. The molecule has 1 N–H and O–H groups in total. The smallest absolute Gasteiger partial charge is 0.223 e. The average molecular weight is 208 g/mol. The van der Waals surface area contributed by atoms with E-state index in [1.807, 2.05) is 11.6 Å². The second kappa shape index (κ2) is 3.96. The van der Waals surface area contributed by atoms with Gasteiger partial charge in [0.1, 0.15) is 0 Å². The van der Waals surface area contributed by atoms with Gasteiger partial charge in [-0.3, -0.25) is 9.47 Å². The number of hydrogen-bond acceptors (Lipinski definition) is 3. The van der Waals surface area contributed by atoms with Crippen molar-refractivity contribution in [2.24, 2.45) is 0 Å². The Labute approximate surface area is 88.7 Å². The van der Waals surface area contributed by atoms with Crippen molar-refractivity contribution in [2.45, 2.75) is 26.2 Å². The SMILES string of the molecule is Cc1cc(=O)c(O)cn1N1CCCCC1. The van der Waals surface area contributed by atoms with Crippen molar-refractivity contribution in [3.8, 4) is 5.75 Å². The van der Waals surface area contributed by atoms with Crippen LogP contribution < -0.4 is 10.4 Å². The Morgan fingerprint density at radius 3 is 2.60 bits per heavy atom. The molecule has 0 radical (unpaired) electrons. The molecule has 1 saturated heterocycles. The summed E-state index contributed by atoms with van der Waals surface area (Å²) < 4.78 is 1.88. The molecule has 0 amide bonds. The minimum Gasteiger partial charge on any atom is -0.503 e. The Morgan fingerprint density at radius 1 is 1.27 bits per heavy atom. The van der Waals surface area contributed by atoms with Gasteiger partial charge in [0.15, 0.2) is 5.75 Å². The predicted octanol–water partition coefficient (Wildman–Crippen LogP) is 0.984. The minimum absolute atomic E-state index is 0.175. The number of hydrogen-bond donors (Lipinski definition) is 1. The molecule has 1 aliphatic rings. The highest BCUT2D eigenvalue weighted by Gasteiger charge is 2.12. The average Bonchev–Trinajstić information content (AvgIpc) is 2.25. The summed E-state index contributed by atoms with van der Waals surface area (Å²) >= 11 is 0. The third kappa shape index (κ3) is 1.98. The zero-order valence-electron chi connectivity index (χ0n) is 8.94. The zero-order valence-corrected chi connectivity index (χ0v) is 8.94. The van der Waals surface area contributed by atoms with E-state index in [9.17, 15) is 9.90 Å². The van der Waals surface area contributed by atoms with E-state index < -0.39 is 0 Å². The summed E-state index contributed by atoms with van der Waals surface area (Å²) in [7, 11) is 0. The molecule has 15 heavy (non-hydrogen) atoms. The lowest BCUT2D eigenvalue weighted by molar-refractivity contribution is 0.437. The molecular weight excluding hydrogens is 192 g/mol. The van der Waals surface area contributed by atoms with Gasteiger partial charge < -0.3 is 10.1 Å². The van der Waals surface area contributed by atoms with Crippen molar-refractivity contribution < 1.29 is 5.11 Å². The molecule has 1 fully saturated rings. The van der Waals surface area contributed by atoms with E-state index >= 15 is 0 Å². The molecule has 0 unspecified atom stereocenters. The highest BCUT2D eigenvalue weighted by Crippen LogP contribution is 2.11. The summed E-state index contributed by atoms with van der Waals surface area (Å²) in [5.41, 5.74) is 0.570. The summed E-state index contributed by atoms with van der Waals surface area (Å²) in [5, 5.41) is 11.6. The Bertz CT molecular complexity index is 406. The molecule has 2 heterocycles. The zero-order chi connectivity index (χ0) is 10.8. The maximum atomic E-state index is 11.2. The van der Waals surface area contributed by atoms with Crippen molar-refractivity contribution in [3.63, 3.8) is 0 Å². The van der Waals surface area contributed by atoms with E-state index in [1.54, 1.807) is 0 Å². The number of aromatic nitrogens is 1. The highest BCUT2D eigenvalue weighted by atomic mass is 16.3. The minimum atomic E-state index is -0.305.